The first-order valence-electron chi connectivity index (χ1n) is 6.85. The summed E-state index contributed by atoms with van der Waals surface area (Å²) in [5.74, 6) is 0.101. The van der Waals surface area contributed by atoms with Crippen LogP contribution in [0.5, 0.6) is 0 Å². The summed E-state index contributed by atoms with van der Waals surface area (Å²) in [7, 11) is 0. The van der Waals surface area contributed by atoms with Crippen molar-refractivity contribution in [1.29, 1.82) is 0 Å². The molecule has 1 spiro atoms. The average Bonchev–Trinajstić information content (AvgIpc) is 2.89. The minimum Gasteiger partial charge on any atom is -0.346 e. The van der Waals surface area contributed by atoms with E-state index in [1.54, 1.807) is 0 Å². The Labute approximate surface area is 107 Å². The van der Waals surface area contributed by atoms with Crippen molar-refractivity contribution in [2.75, 3.05) is 13.1 Å². The summed E-state index contributed by atoms with van der Waals surface area (Å²) < 4.78 is 0. The van der Waals surface area contributed by atoms with Gasteiger partial charge in [0.05, 0.1) is 11.6 Å². The molecule has 3 heterocycles. The molecule has 0 radical (unpaired) electrons. The fourth-order valence-electron chi connectivity index (χ4n) is 4.14. The third-order valence-corrected chi connectivity index (χ3v) is 4.98. The highest BCUT2D eigenvalue weighted by molar-refractivity contribution is 5.93. The third kappa shape index (κ3) is 1.15. The lowest BCUT2D eigenvalue weighted by Crippen LogP contribution is -2.56. The Morgan fingerprint density at radius 2 is 2.33 bits per heavy atom. The number of rotatable bonds is 0. The quantitative estimate of drug-likeness (QED) is 0.699. The Balaban J connectivity index is 1.87. The molecule has 2 atom stereocenters. The Morgan fingerprint density at radius 3 is 3.22 bits per heavy atom. The lowest BCUT2D eigenvalue weighted by atomic mass is 9.70. The van der Waals surface area contributed by atoms with E-state index in [1.807, 2.05) is 6.08 Å². The van der Waals surface area contributed by atoms with Crippen LogP contribution in [-0.2, 0) is 4.79 Å². The van der Waals surface area contributed by atoms with Gasteiger partial charge in [-0.15, -0.1) is 0 Å². The molecule has 0 saturated carbocycles. The number of carbonyl (C=O) groups excluding carboxylic acids is 1. The van der Waals surface area contributed by atoms with Crippen molar-refractivity contribution in [3.05, 3.63) is 34.9 Å². The van der Waals surface area contributed by atoms with Gasteiger partial charge >= 0.3 is 0 Å². The smallest absolute Gasteiger partial charge is 0.244 e. The molecule has 0 aromatic heterocycles. The Morgan fingerprint density at radius 1 is 1.44 bits per heavy atom. The largest absolute Gasteiger partial charge is 0.346 e. The predicted molar refractivity (Wildman–Crippen MR) is 70.0 cm³/mol. The second-order valence-corrected chi connectivity index (χ2v) is 5.91. The number of hydrogen-bond acceptors (Lipinski definition) is 2. The van der Waals surface area contributed by atoms with E-state index in [9.17, 15) is 4.79 Å². The summed E-state index contributed by atoms with van der Waals surface area (Å²) in [5.41, 5.74) is 4.26. The number of piperidine rings is 1. The first-order chi connectivity index (χ1) is 8.70. The number of fused-ring (bicyclic) bond motifs is 1. The minimum atomic E-state index is 0.0432. The van der Waals surface area contributed by atoms with Crippen molar-refractivity contribution in [3.63, 3.8) is 0 Å². The van der Waals surface area contributed by atoms with Crippen LogP contribution in [0, 0.1) is 0 Å². The van der Waals surface area contributed by atoms with Gasteiger partial charge in [0.2, 0.25) is 5.91 Å². The lowest BCUT2D eigenvalue weighted by Gasteiger charge is -2.49. The Bertz CT molecular complexity index is 529. The van der Waals surface area contributed by atoms with Crippen LogP contribution in [0.4, 0.5) is 0 Å². The molecule has 0 aromatic rings. The molecule has 0 aromatic carbocycles. The zero-order valence-electron chi connectivity index (χ0n) is 10.7. The summed E-state index contributed by atoms with van der Waals surface area (Å²) in [6, 6.07) is 0.280. The zero-order chi connectivity index (χ0) is 12.3. The summed E-state index contributed by atoms with van der Waals surface area (Å²) in [5, 5.41) is 3.10. The fraction of sp³-hybridized carbons (Fsp3) is 0.533. The number of nitrogens with one attached hydrogen (secondary N) is 1. The van der Waals surface area contributed by atoms with Gasteiger partial charge in [-0.25, -0.2) is 0 Å². The van der Waals surface area contributed by atoms with Crippen molar-refractivity contribution >= 4 is 5.91 Å². The van der Waals surface area contributed by atoms with Gasteiger partial charge in [-0.1, -0.05) is 17.7 Å². The lowest BCUT2D eigenvalue weighted by molar-refractivity contribution is -0.116. The van der Waals surface area contributed by atoms with Gasteiger partial charge < -0.3 is 5.32 Å². The number of nitrogens with zero attached hydrogens (tertiary/aromatic N) is 1. The number of hydrogen-bond donors (Lipinski definition) is 1. The fourth-order valence-corrected chi connectivity index (χ4v) is 4.14. The molecule has 1 aliphatic carbocycles. The molecule has 1 fully saturated rings. The number of amides is 1. The molecule has 1 saturated heterocycles. The van der Waals surface area contributed by atoms with E-state index in [1.165, 1.54) is 16.7 Å². The van der Waals surface area contributed by atoms with Crippen LogP contribution in [0.25, 0.3) is 0 Å². The van der Waals surface area contributed by atoms with Crippen molar-refractivity contribution in [1.82, 2.24) is 10.2 Å². The minimum absolute atomic E-state index is 0.0432. The Kier molecular flexibility index (Phi) is 1.97. The second kappa shape index (κ2) is 3.35. The van der Waals surface area contributed by atoms with Crippen LogP contribution in [0.2, 0.25) is 0 Å². The zero-order valence-corrected chi connectivity index (χ0v) is 10.7. The maximum atomic E-state index is 11.7. The van der Waals surface area contributed by atoms with Gasteiger partial charge in [0.1, 0.15) is 0 Å². The molecule has 0 bridgehead atoms. The average molecular weight is 242 g/mol. The molecule has 3 aliphatic heterocycles. The molecule has 1 amide bonds. The van der Waals surface area contributed by atoms with Gasteiger partial charge in [-0.2, -0.15) is 0 Å². The Hall–Kier alpha value is -1.35. The number of allylic oxidation sites excluding steroid dienone is 1. The van der Waals surface area contributed by atoms with E-state index in [2.05, 4.69) is 29.3 Å². The van der Waals surface area contributed by atoms with Crippen molar-refractivity contribution in [3.8, 4) is 0 Å². The third-order valence-electron chi connectivity index (χ3n) is 4.98. The normalized spacial score (nSPS) is 38.2. The number of carbonyl (C=O) groups is 1. The SMILES string of the molecule is CC1=CC2=CCN3CCC4NC(=O)C=C4C23CC1. The maximum absolute atomic E-state index is 11.7. The van der Waals surface area contributed by atoms with Crippen molar-refractivity contribution in [2.45, 2.75) is 37.8 Å². The monoisotopic (exact) mass is 242 g/mol. The maximum Gasteiger partial charge on any atom is 0.244 e. The van der Waals surface area contributed by atoms with Crippen LogP contribution in [0.3, 0.4) is 0 Å². The van der Waals surface area contributed by atoms with Crippen LogP contribution >= 0.6 is 0 Å². The summed E-state index contributed by atoms with van der Waals surface area (Å²) in [6.45, 7) is 4.34. The summed E-state index contributed by atoms with van der Waals surface area (Å²) in [6.07, 6.45) is 9.91. The molecular weight excluding hydrogens is 224 g/mol. The first-order valence-corrected chi connectivity index (χ1v) is 6.85. The molecule has 4 rings (SSSR count). The van der Waals surface area contributed by atoms with Crippen LogP contribution in [0.1, 0.15) is 26.2 Å². The van der Waals surface area contributed by atoms with E-state index >= 15 is 0 Å². The van der Waals surface area contributed by atoms with Gasteiger partial charge in [0.15, 0.2) is 0 Å². The molecule has 2 unspecified atom stereocenters. The molecule has 3 nitrogen and oxygen atoms in total. The molecule has 3 heteroatoms. The predicted octanol–water partition coefficient (Wildman–Crippen LogP) is 1.54. The van der Waals surface area contributed by atoms with E-state index in [0.717, 1.165) is 32.4 Å². The first kappa shape index (κ1) is 10.6. The summed E-state index contributed by atoms with van der Waals surface area (Å²) >= 11 is 0. The van der Waals surface area contributed by atoms with Gasteiger partial charge in [0.25, 0.3) is 0 Å². The van der Waals surface area contributed by atoms with Gasteiger partial charge in [-0.05, 0) is 37.3 Å². The van der Waals surface area contributed by atoms with Crippen LogP contribution < -0.4 is 5.32 Å². The van der Waals surface area contributed by atoms with E-state index in [4.69, 9.17) is 0 Å². The van der Waals surface area contributed by atoms with Crippen LogP contribution in [-0.4, -0.2) is 35.5 Å². The molecule has 94 valence electrons. The molecule has 18 heavy (non-hydrogen) atoms. The molecule has 4 aliphatic rings. The molecular formula is C15H18N2O. The van der Waals surface area contributed by atoms with Crippen molar-refractivity contribution in [2.24, 2.45) is 0 Å². The van der Waals surface area contributed by atoms with E-state index in [-0.39, 0.29) is 17.5 Å². The highest BCUT2D eigenvalue weighted by atomic mass is 16.1. The van der Waals surface area contributed by atoms with Gasteiger partial charge in [-0.3, -0.25) is 9.69 Å². The standard InChI is InChI=1S/C15H18N2O/c1-10-2-5-15-11(8-10)3-6-17(15)7-4-13-12(15)9-14(18)16-13/h3,8-9,13H,2,4-7H2,1H3,(H,16,18). The summed E-state index contributed by atoms with van der Waals surface area (Å²) in [4.78, 5) is 14.3. The van der Waals surface area contributed by atoms with Crippen molar-refractivity contribution < 1.29 is 4.79 Å². The topological polar surface area (TPSA) is 32.3 Å². The second-order valence-electron chi connectivity index (χ2n) is 5.91. The van der Waals surface area contributed by atoms with Gasteiger partial charge in [0, 0.05) is 19.2 Å². The van der Waals surface area contributed by atoms with Crippen LogP contribution in [0.15, 0.2) is 34.9 Å². The van der Waals surface area contributed by atoms with E-state index < -0.39 is 0 Å². The molecule has 1 N–H and O–H groups in total. The highest BCUT2D eigenvalue weighted by Crippen LogP contribution is 2.50. The van der Waals surface area contributed by atoms with E-state index in [0.29, 0.717) is 0 Å². The highest BCUT2D eigenvalue weighted by Gasteiger charge is 2.53.